The zero-order valence-electron chi connectivity index (χ0n) is 14.7. The van der Waals surface area contributed by atoms with Gasteiger partial charge in [0.1, 0.15) is 0 Å². The molecule has 0 fully saturated rings. The monoisotopic (exact) mass is 409 g/mol. The van der Waals surface area contributed by atoms with Gasteiger partial charge in [-0.25, -0.2) is 8.42 Å². The van der Waals surface area contributed by atoms with E-state index >= 15 is 0 Å². The minimum absolute atomic E-state index is 0.0264. The average molecular weight is 409 g/mol. The van der Waals surface area contributed by atoms with E-state index in [2.05, 4.69) is 5.43 Å². The van der Waals surface area contributed by atoms with Gasteiger partial charge in [-0.1, -0.05) is 38.1 Å². The Labute approximate surface area is 161 Å². The molecule has 2 rings (SSSR count). The molecule has 2 aromatic carbocycles. The van der Waals surface area contributed by atoms with Gasteiger partial charge < -0.3 is 0 Å². The SMILES string of the molecule is CC(C)c1ccc(S(=O)(=O)NNC(=O)CSc2ccccc2[N+](=O)[O-])cc1. The summed E-state index contributed by atoms with van der Waals surface area (Å²) in [5, 5.41) is 10.9. The third-order valence-electron chi connectivity index (χ3n) is 3.60. The highest BCUT2D eigenvalue weighted by molar-refractivity contribution is 8.00. The van der Waals surface area contributed by atoms with Crippen LogP contribution in [-0.4, -0.2) is 25.0 Å². The molecule has 10 heteroatoms. The molecule has 0 spiro atoms. The Morgan fingerprint density at radius 1 is 1.15 bits per heavy atom. The molecule has 1 amide bonds. The predicted octanol–water partition coefficient (Wildman–Crippen LogP) is 2.82. The van der Waals surface area contributed by atoms with Gasteiger partial charge >= 0.3 is 0 Å². The summed E-state index contributed by atoms with van der Waals surface area (Å²) >= 11 is 0.946. The van der Waals surface area contributed by atoms with E-state index in [1.165, 1.54) is 30.3 Å². The minimum Gasteiger partial charge on any atom is -0.277 e. The van der Waals surface area contributed by atoms with Gasteiger partial charge in [-0.2, -0.15) is 0 Å². The second-order valence-corrected chi connectivity index (χ2v) is 8.59. The van der Waals surface area contributed by atoms with Crippen molar-refractivity contribution < 1.29 is 18.1 Å². The zero-order chi connectivity index (χ0) is 20.0. The van der Waals surface area contributed by atoms with E-state index in [9.17, 15) is 23.3 Å². The number of hydrogen-bond acceptors (Lipinski definition) is 6. The van der Waals surface area contributed by atoms with E-state index < -0.39 is 20.9 Å². The Kier molecular flexibility index (Phi) is 6.94. The molecule has 8 nitrogen and oxygen atoms in total. The maximum Gasteiger partial charge on any atom is 0.282 e. The van der Waals surface area contributed by atoms with Crippen LogP contribution in [-0.2, 0) is 14.8 Å². The fourth-order valence-electron chi connectivity index (χ4n) is 2.12. The van der Waals surface area contributed by atoms with Gasteiger partial charge in [0.25, 0.3) is 15.7 Å². The van der Waals surface area contributed by atoms with Gasteiger partial charge in [-0.05, 0) is 29.7 Å². The first-order valence-corrected chi connectivity index (χ1v) is 10.4. The predicted molar refractivity (Wildman–Crippen MR) is 103 cm³/mol. The molecule has 0 bridgehead atoms. The molecule has 0 unspecified atom stereocenters. The molecule has 27 heavy (non-hydrogen) atoms. The molecule has 0 aliphatic rings. The maximum absolute atomic E-state index is 12.2. The van der Waals surface area contributed by atoms with Gasteiger partial charge in [0.05, 0.1) is 20.5 Å². The third-order valence-corrected chi connectivity index (χ3v) is 5.93. The molecule has 0 aliphatic carbocycles. The molecule has 0 aliphatic heterocycles. The van der Waals surface area contributed by atoms with Crippen molar-refractivity contribution in [2.24, 2.45) is 0 Å². The van der Waals surface area contributed by atoms with Crippen molar-refractivity contribution >= 4 is 33.4 Å². The summed E-state index contributed by atoms with van der Waals surface area (Å²) in [6.45, 7) is 3.99. The molecule has 0 atom stereocenters. The van der Waals surface area contributed by atoms with Crippen LogP contribution in [0.4, 0.5) is 5.69 Å². The molecular formula is C17H19N3O5S2. The van der Waals surface area contributed by atoms with Gasteiger partial charge in [0.15, 0.2) is 0 Å². The Morgan fingerprint density at radius 3 is 2.37 bits per heavy atom. The summed E-state index contributed by atoms with van der Waals surface area (Å²) in [7, 11) is -3.90. The number of nitro groups is 1. The summed E-state index contributed by atoms with van der Waals surface area (Å²) in [6, 6.07) is 12.4. The fraction of sp³-hybridized carbons (Fsp3) is 0.235. The van der Waals surface area contributed by atoms with Crippen LogP contribution in [0.1, 0.15) is 25.3 Å². The van der Waals surface area contributed by atoms with Crippen LogP contribution in [0.5, 0.6) is 0 Å². The number of amides is 1. The number of para-hydroxylation sites is 1. The molecular weight excluding hydrogens is 390 g/mol. The van der Waals surface area contributed by atoms with Crippen LogP contribution in [0.25, 0.3) is 0 Å². The Hall–Kier alpha value is -2.43. The number of carbonyl (C=O) groups excluding carboxylic acids is 1. The number of rotatable bonds is 8. The first-order valence-electron chi connectivity index (χ1n) is 7.97. The van der Waals surface area contributed by atoms with Gasteiger partial charge in [-0.15, -0.1) is 16.6 Å². The van der Waals surface area contributed by atoms with Gasteiger partial charge in [-0.3, -0.25) is 20.3 Å². The second kappa shape index (κ2) is 8.98. The number of sulfonamides is 1. The maximum atomic E-state index is 12.2. The highest BCUT2D eigenvalue weighted by atomic mass is 32.2. The van der Waals surface area contributed by atoms with E-state index in [-0.39, 0.29) is 22.3 Å². The Bertz CT molecular complexity index is 928. The Morgan fingerprint density at radius 2 is 1.78 bits per heavy atom. The average Bonchev–Trinajstić information content (AvgIpc) is 2.65. The molecule has 144 valence electrons. The lowest BCUT2D eigenvalue weighted by Gasteiger charge is -2.10. The zero-order valence-corrected chi connectivity index (χ0v) is 16.3. The quantitative estimate of drug-likeness (QED) is 0.393. The van der Waals surface area contributed by atoms with E-state index in [1.807, 2.05) is 18.7 Å². The number of hydrazine groups is 1. The van der Waals surface area contributed by atoms with Crippen molar-refractivity contribution in [3.63, 3.8) is 0 Å². The van der Waals surface area contributed by atoms with Crippen molar-refractivity contribution in [1.82, 2.24) is 10.3 Å². The number of nitro benzene ring substituents is 1. The molecule has 0 saturated carbocycles. The first-order chi connectivity index (χ1) is 12.7. The lowest BCUT2D eigenvalue weighted by Crippen LogP contribution is -2.42. The third kappa shape index (κ3) is 5.78. The largest absolute Gasteiger partial charge is 0.282 e. The van der Waals surface area contributed by atoms with Gasteiger partial charge in [0, 0.05) is 6.07 Å². The molecule has 2 N–H and O–H groups in total. The number of hydrogen-bond donors (Lipinski definition) is 2. The standard InChI is InChI=1S/C17H19N3O5S2/c1-12(2)13-7-9-14(10-8-13)27(24,25)19-18-17(21)11-26-16-6-4-3-5-15(16)20(22)23/h3-10,12,19H,11H2,1-2H3,(H,18,21). The molecule has 0 saturated heterocycles. The van der Waals surface area contributed by atoms with Gasteiger partial charge in [0.2, 0.25) is 5.91 Å². The van der Waals surface area contributed by atoms with Crippen LogP contribution >= 0.6 is 11.8 Å². The summed E-state index contributed by atoms with van der Waals surface area (Å²) in [5.74, 6) is -0.534. The summed E-state index contributed by atoms with van der Waals surface area (Å²) in [4.78, 5) is 24.7. The van der Waals surface area contributed by atoms with E-state index in [0.29, 0.717) is 4.90 Å². The lowest BCUT2D eigenvalue weighted by atomic mass is 10.0. The van der Waals surface area contributed by atoms with E-state index in [1.54, 1.807) is 18.2 Å². The van der Waals surface area contributed by atoms with Crippen LogP contribution in [0.2, 0.25) is 0 Å². The molecule has 0 heterocycles. The first kappa shape index (κ1) is 20.9. The minimum atomic E-state index is -3.90. The topological polar surface area (TPSA) is 118 Å². The van der Waals surface area contributed by atoms with E-state index in [4.69, 9.17) is 0 Å². The summed E-state index contributed by atoms with van der Waals surface area (Å²) in [5.41, 5.74) is 3.00. The fourth-order valence-corrected chi connectivity index (χ4v) is 3.81. The summed E-state index contributed by atoms with van der Waals surface area (Å²) < 4.78 is 24.4. The van der Waals surface area contributed by atoms with Crippen LogP contribution in [0.15, 0.2) is 58.3 Å². The number of thioether (sulfide) groups is 1. The number of nitrogens with zero attached hydrogens (tertiary/aromatic N) is 1. The van der Waals surface area contributed by atoms with Crippen LogP contribution in [0.3, 0.4) is 0 Å². The molecule has 0 radical (unpaired) electrons. The van der Waals surface area contributed by atoms with Crippen molar-refractivity contribution in [3.05, 3.63) is 64.2 Å². The highest BCUT2D eigenvalue weighted by Crippen LogP contribution is 2.28. The molecule has 0 aromatic heterocycles. The van der Waals surface area contributed by atoms with E-state index in [0.717, 1.165) is 17.3 Å². The van der Waals surface area contributed by atoms with Crippen LogP contribution < -0.4 is 10.3 Å². The molecule has 2 aromatic rings. The Balaban J connectivity index is 1.94. The van der Waals surface area contributed by atoms with Crippen molar-refractivity contribution in [3.8, 4) is 0 Å². The highest BCUT2D eigenvalue weighted by Gasteiger charge is 2.17. The smallest absolute Gasteiger partial charge is 0.277 e. The summed E-state index contributed by atoms with van der Waals surface area (Å²) in [6.07, 6.45) is 0. The second-order valence-electron chi connectivity index (χ2n) is 5.89. The number of carbonyl (C=O) groups is 1. The van der Waals surface area contributed by atoms with Crippen molar-refractivity contribution in [2.75, 3.05) is 5.75 Å². The number of nitrogens with one attached hydrogen (secondary N) is 2. The normalized spacial score (nSPS) is 11.4. The number of benzene rings is 2. The lowest BCUT2D eigenvalue weighted by molar-refractivity contribution is -0.387. The van der Waals surface area contributed by atoms with Crippen LogP contribution in [0, 0.1) is 10.1 Å². The van der Waals surface area contributed by atoms with Crippen molar-refractivity contribution in [1.29, 1.82) is 0 Å². The van der Waals surface area contributed by atoms with Crippen molar-refractivity contribution in [2.45, 2.75) is 29.6 Å².